The molecule has 1 amide bonds. The summed E-state index contributed by atoms with van der Waals surface area (Å²) in [7, 11) is 0. The molecule has 6 nitrogen and oxygen atoms in total. The minimum absolute atomic E-state index is 0.221. The molecule has 3 heterocycles. The van der Waals surface area contributed by atoms with Gasteiger partial charge >= 0.3 is 6.09 Å². The number of carbonyl (C=O) groups is 1. The zero-order valence-corrected chi connectivity index (χ0v) is 16.9. The normalized spacial score (nSPS) is 11.2. The van der Waals surface area contributed by atoms with Crippen LogP contribution in [0.4, 0.5) is 9.18 Å². The quantitative estimate of drug-likeness (QED) is 0.410. The fourth-order valence-corrected chi connectivity index (χ4v) is 4.88. The highest BCUT2D eigenvalue weighted by Gasteiger charge is 2.11. The SMILES string of the molecule is NC(=O)Oc1nc2ccc(Sc3cnc4ccc(-c5ccc(F)cc5)cn34)cc2s1. The molecule has 5 rings (SSSR count). The van der Waals surface area contributed by atoms with E-state index < -0.39 is 6.09 Å². The van der Waals surface area contributed by atoms with Crippen molar-refractivity contribution in [2.45, 2.75) is 9.92 Å². The zero-order valence-electron chi connectivity index (χ0n) is 15.3. The Balaban J connectivity index is 1.48. The van der Waals surface area contributed by atoms with E-state index >= 15 is 0 Å². The van der Waals surface area contributed by atoms with Crippen molar-refractivity contribution in [2.75, 3.05) is 0 Å². The van der Waals surface area contributed by atoms with E-state index in [1.54, 1.807) is 23.9 Å². The number of imidazole rings is 1. The third-order valence-corrected chi connectivity index (χ3v) is 6.30. The first kappa shape index (κ1) is 18.6. The number of primary amides is 1. The molecule has 0 saturated heterocycles. The van der Waals surface area contributed by atoms with Gasteiger partial charge in [0.1, 0.15) is 16.5 Å². The first-order valence-corrected chi connectivity index (χ1v) is 10.5. The van der Waals surface area contributed by atoms with Crippen LogP contribution in [0.1, 0.15) is 0 Å². The Labute approximate surface area is 178 Å². The van der Waals surface area contributed by atoms with Crippen molar-refractivity contribution in [3.05, 3.63) is 72.8 Å². The van der Waals surface area contributed by atoms with Crippen molar-refractivity contribution in [1.82, 2.24) is 14.4 Å². The molecular formula is C21H13FN4O2S2. The number of thiazole rings is 1. The van der Waals surface area contributed by atoms with Gasteiger partial charge in [-0.2, -0.15) is 0 Å². The van der Waals surface area contributed by atoms with E-state index in [-0.39, 0.29) is 11.0 Å². The number of halogens is 1. The number of ether oxygens (including phenoxy) is 1. The summed E-state index contributed by atoms with van der Waals surface area (Å²) in [5.41, 5.74) is 8.50. The van der Waals surface area contributed by atoms with Gasteiger partial charge < -0.3 is 10.5 Å². The largest absolute Gasteiger partial charge is 0.411 e. The second-order valence-corrected chi connectivity index (χ2v) is 8.47. The molecule has 30 heavy (non-hydrogen) atoms. The molecule has 2 aromatic carbocycles. The minimum atomic E-state index is -0.883. The first-order chi connectivity index (χ1) is 14.5. The maximum absolute atomic E-state index is 13.2. The Morgan fingerprint density at radius 2 is 1.90 bits per heavy atom. The molecule has 0 unspecified atom stereocenters. The summed E-state index contributed by atoms with van der Waals surface area (Å²) < 4.78 is 21.0. The first-order valence-electron chi connectivity index (χ1n) is 8.84. The Kier molecular flexibility index (Phi) is 4.61. The van der Waals surface area contributed by atoms with E-state index in [0.29, 0.717) is 0 Å². The van der Waals surface area contributed by atoms with Crippen molar-refractivity contribution in [2.24, 2.45) is 5.73 Å². The number of fused-ring (bicyclic) bond motifs is 2. The molecule has 2 N–H and O–H groups in total. The number of carbonyl (C=O) groups excluding carboxylic acids is 1. The van der Waals surface area contributed by atoms with E-state index in [0.717, 1.165) is 36.9 Å². The van der Waals surface area contributed by atoms with E-state index in [2.05, 4.69) is 9.97 Å². The highest BCUT2D eigenvalue weighted by Crippen LogP contribution is 2.35. The summed E-state index contributed by atoms with van der Waals surface area (Å²) in [6.07, 6.45) is 2.92. The number of aromatic nitrogens is 3. The lowest BCUT2D eigenvalue weighted by molar-refractivity contribution is 0.211. The molecule has 9 heteroatoms. The standard InChI is InChI=1S/C21H13FN4O2S2/c22-14-4-1-12(2-5-14)13-3-8-18-24-10-19(26(18)11-13)29-15-6-7-16-17(9-15)30-21(25-16)28-20(23)27/h1-11H,(H2,23,27). The molecular weight excluding hydrogens is 423 g/mol. The highest BCUT2D eigenvalue weighted by atomic mass is 32.2. The van der Waals surface area contributed by atoms with Crippen LogP contribution in [0.15, 0.2) is 76.9 Å². The molecule has 0 spiro atoms. The van der Waals surface area contributed by atoms with Crippen molar-refractivity contribution in [1.29, 1.82) is 0 Å². The summed E-state index contributed by atoms with van der Waals surface area (Å²) in [6, 6.07) is 16.1. The molecule has 0 aliphatic carbocycles. The Morgan fingerprint density at radius 3 is 2.70 bits per heavy atom. The topological polar surface area (TPSA) is 82.5 Å². The number of rotatable bonds is 4. The summed E-state index contributed by atoms with van der Waals surface area (Å²) in [6.45, 7) is 0. The van der Waals surface area contributed by atoms with Crippen molar-refractivity contribution >= 4 is 45.1 Å². The summed E-state index contributed by atoms with van der Waals surface area (Å²) >= 11 is 2.81. The predicted octanol–water partition coefficient (Wildman–Crippen LogP) is 5.36. The van der Waals surface area contributed by atoms with Gasteiger partial charge in [-0.05, 0) is 53.6 Å². The van der Waals surface area contributed by atoms with Crippen molar-refractivity contribution in [3.63, 3.8) is 0 Å². The zero-order chi connectivity index (χ0) is 20.7. The second-order valence-electron chi connectivity index (χ2n) is 6.38. The van der Waals surface area contributed by atoms with Crippen LogP contribution in [0.5, 0.6) is 5.19 Å². The van der Waals surface area contributed by atoms with Crippen molar-refractivity contribution in [3.8, 4) is 16.3 Å². The molecule has 0 fully saturated rings. The van der Waals surface area contributed by atoms with Crippen LogP contribution in [0, 0.1) is 5.82 Å². The summed E-state index contributed by atoms with van der Waals surface area (Å²) in [5.74, 6) is -0.262. The van der Waals surface area contributed by atoms with Crippen LogP contribution in [0.25, 0.3) is 27.0 Å². The third kappa shape index (κ3) is 3.60. The van der Waals surface area contributed by atoms with Crippen LogP contribution in [-0.4, -0.2) is 20.5 Å². The fourth-order valence-electron chi connectivity index (χ4n) is 3.04. The van der Waals surface area contributed by atoms with Crippen LogP contribution in [0.3, 0.4) is 0 Å². The van der Waals surface area contributed by atoms with Crippen LogP contribution >= 0.6 is 23.1 Å². The molecule has 148 valence electrons. The van der Waals surface area contributed by atoms with Gasteiger partial charge in [0, 0.05) is 11.1 Å². The minimum Gasteiger partial charge on any atom is -0.381 e. The maximum Gasteiger partial charge on any atom is 0.411 e. The molecule has 0 aliphatic heterocycles. The smallest absolute Gasteiger partial charge is 0.381 e. The number of nitrogens with zero attached hydrogens (tertiary/aromatic N) is 3. The molecule has 0 aliphatic rings. The molecule has 0 radical (unpaired) electrons. The van der Waals surface area contributed by atoms with E-state index in [4.69, 9.17) is 10.5 Å². The van der Waals surface area contributed by atoms with Gasteiger partial charge in [-0.3, -0.25) is 4.40 Å². The Hall–Kier alpha value is -3.43. The lowest BCUT2D eigenvalue weighted by Crippen LogP contribution is -2.15. The van der Waals surface area contributed by atoms with Gasteiger partial charge in [0.05, 0.1) is 16.4 Å². The van der Waals surface area contributed by atoms with Crippen LogP contribution in [0.2, 0.25) is 0 Å². The number of benzene rings is 2. The van der Waals surface area contributed by atoms with Gasteiger partial charge in [0.25, 0.3) is 5.19 Å². The molecule has 0 atom stereocenters. The predicted molar refractivity (Wildman–Crippen MR) is 115 cm³/mol. The Bertz CT molecular complexity index is 1400. The second kappa shape index (κ2) is 7.43. The van der Waals surface area contributed by atoms with Gasteiger partial charge in [-0.1, -0.05) is 35.2 Å². The van der Waals surface area contributed by atoms with Gasteiger partial charge in [-0.25, -0.2) is 19.2 Å². The maximum atomic E-state index is 13.2. The van der Waals surface area contributed by atoms with E-state index in [1.165, 1.54) is 23.5 Å². The number of pyridine rings is 1. The number of amides is 1. The fraction of sp³-hybridized carbons (Fsp3) is 0. The highest BCUT2D eigenvalue weighted by molar-refractivity contribution is 7.99. The molecule has 0 saturated carbocycles. The lowest BCUT2D eigenvalue weighted by Gasteiger charge is -2.06. The number of hydrogen-bond donors (Lipinski definition) is 1. The number of nitrogens with two attached hydrogens (primary N) is 1. The molecule has 3 aromatic heterocycles. The van der Waals surface area contributed by atoms with Gasteiger partial charge in [0.15, 0.2) is 0 Å². The van der Waals surface area contributed by atoms with Gasteiger partial charge in [0.2, 0.25) is 0 Å². The summed E-state index contributed by atoms with van der Waals surface area (Å²) in [5, 5.41) is 1.16. The summed E-state index contributed by atoms with van der Waals surface area (Å²) in [4.78, 5) is 20.6. The van der Waals surface area contributed by atoms with Crippen LogP contribution < -0.4 is 10.5 Å². The lowest BCUT2D eigenvalue weighted by atomic mass is 10.1. The van der Waals surface area contributed by atoms with E-state index in [1.807, 2.05) is 47.1 Å². The van der Waals surface area contributed by atoms with E-state index in [9.17, 15) is 9.18 Å². The monoisotopic (exact) mass is 436 g/mol. The Morgan fingerprint density at radius 1 is 1.10 bits per heavy atom. The average molecular weight is 436 g/mol. The molecule has 5 aromatic rings. The number of hydrogen-bond acceptors (Lipinski definition) is 6. The van der Waals surface area contributed by atoms with Crippen LogP contribution in [-0.2, 0) is 0 Å². The average Bonchev–Trinajstić information content (AvgIpc) is 3.31. The van der Waals surface area contributed by atoms with Crippen molar-refractivity contribution < 1.29 is 13.9 Å². The van der Waals surface area contributed by atoms with Gasteiger partial charge in [-0.15, -0.1) is 0 Å². The molecule has 0 bridgehead atoms. The third-order valence-electron chi connectivity index (χ3n) is 4.40.